The molecule has 0 bridgehead atoms. The normalized spacial score (nSPS) is 17.5. The molecule has 5 nitrogen and oxygen atoms in total. The monoisotopic (exact) mass is 422 g/mol. The van der Waals surface area contributed by atoms with Crippen LogP contribution in [0.4, 0.5) is 5.69 Å². The van der Waals surface area contributed by atoms with Crippen molar-refractivity contribution >= 4 is 32.4 Å². The second-order valence-electron chi connectivity index (χ2n) is 8.05. The number of nitrogens with zero attached hydrogens (tertiary/aromatic N) is 1. The van der Waals surface area contributed by atoms with Crippen molar-refractivity contribution in [2.75, 3.05) is 11.9 Å². The highest BCUT2D eigenvalue weighted by molar-refractivity contribution is 7.89. The van der Waals surface area contributed by atoms with E-state index in [1.54, 1.807) is 12.1 Å². The molecule has 1 amide bonds. The van der Waals surface area contributed by atoms with Crippen molar-refractivity contribution in [3.63, 3.8) is 0 Å². The highest BCUT2D eigenvalue weighted by Crippen LogP contribution is 2.29. The molecule has 3 aromatic rings. The van der Waals surface area contributed by atoms with E-state index in [4.69, 9.17) is 0 Å². The molecule has 3 aromatic carbocycles. The van der Waals surface area contributed by atoms with Crippen LogP contribution in [0.5, 0.6) is 0 Å². The second-order valence-corrected chi connectivity index (χ2v) is 9.94. The van der Waals surface area contributed by atoms with Crippen LogP contribution in [0.2, 0.25) is 0 Å². The fourth-order valence-corrected chi connectivity index (χ4v) is 5.62. The fourth-order valence-electron chi connectivity index (χ4n) is 3.93. The number of carbonyl (C=O) groups excluding carboxylic acids is 1. The molecule has 6 heteroatoms. The van der Waals surface area contributed by atoms with E-state index < -0.39 is 16.1 Å². The summed E-state index contributed by atoms with van der Waals surface area (Å²) in [5, 5.41) is 4.74. The molecule has 0 saturated carbocycles. The van der Waals surface area contributed by atoms with Crippen molar-refractivity contribution in [3.05, 3.63) is 72.3 Å². The molecule has 156 valence electrons. The summed E-state index contributed by atoms with van der Waals surface area (Å²) in [6, 6.07) is 19.8. The van der Waals surface area contributed by atoms with Gasteiger partial charge >= 0.3 is 0 Å². The smallest absolute Gasteiger partial charge is 0.243 e. The summed E-state index contributed by atoms with van der Waals surface area (Å²) in [6.45, 7) is 4.57. The Hall–Kier alpha value is -2.70. The number of fused-ring (bicyclic) bond motifs is 1. The molecule has 1 heterocycles. The number of rotatable bonds is 5. The molecule has 1 atom stereocenters. The Morgan fingerprint density at radius 1 is 1.00 bits per heavy atom. The van der Waals surface area contributed by atoms with Gasteiger partial charge < -0.3 is 5.32 Å². The van der Waals surface area contributed by atoms with Crippen molar-refractivity contribution in [1.82, 2.24) is 4.31 Å². The minimum atomic E-state index is -3.76. The first kappa shape index (κ1) is 20.6. The maximum Gasteiger partial charge on any atom is 0.243 e. The minimum absolute atomic E-state index is 0.224. The lowest BCUT2D eigenvalue weighted by Gasteiger charge is -2.23. The molecule has 0 aromatic heterocycles. The average molecular weight is 423 g/mol. The van der Waals surface area contributed by atoms with Gasteiger partial charge in [-0.1, -0.05) is 56.3 Å². The van der Waals surface area contributed by atoms with Gasteiger partial charge in [0, 0.05) is 12.2 Å². The number of carbonyl (C=O) groups is 1. The van der Waals surface area contributed by atoms with Gasteiger partial charge in [0.1, 0.15) is 6.04 Å². The first-order valence-electron chi connectivity index (χ1n) is 10.3. The van der Waals surface area contributed by atoms with Gasteiger partial charge in [0.25, 0.3) is 0 Å². The molecular formula is C24H26N2O3S. The van der Waals surface area contributed by atoms with Gasteiger partial charge in [-0.3, -0.25) is 4.79 Å². The Bertz CT molecular complexity index is 1170. The lowest BCUT2D eigenvalue weighted by molar-refractivity contribution is -0.119. The van der Waals surface area contributed by atoms with Gasteiger partial charge in [-0.2, -0.15) is 4.31 Å². The molecular weight excluding hydrogens is 396 g/mol. The van der Waals surface area contributed by atoms with E-state index in [1.807, 2.05) is 54.6 Å². The Labute approximate surface area is 177 Å². The minimum Gasteiger partial charge on any atom is -0.325 e. The zero-order valence-electron chi connectivity index (χ0n) is 17.2. The van der Waals surface area contributed by atoms with E-state index in [0.29, 0.717) is 31.0 Å². The van der Waals surface area contributed by atoms with Crippen LogP contribution in [0.1, 0.15) is 38.2 Å². The number of amides is 1. The van der Waals surface area contributed by atoms with Crippen LogP contribution in [0.25, 0.3) is 10.8 Å². The van der Waals surface area contributed by atoms with Crippen molar-refractivity contribution in [1.29, 1.82) is 0 Å². The third-order valence-corrected chi connectivity index (χ3v) is 7.58. The topological polar surface area (TPSA) is 66.5 Å². The highest BCUT2D eigenvalue weighted by atomic mass is 32.2. The van der Waals surface area contributed by atoms with Crippen LogP contribution in [-0.4, -0.2) is 31.2 Å². The summed E-state index contributed by atoms with van der Waals surface area (Å²) in [5.41, 5.74) is 1.87. The number of nitrogens with one attached hydrogen (secondary N) is 1. The third kappa shape index (κ3) is 3.98. The predicted molar refractivity (Wildman–Crippen MR) is 120 cm³/mol. The van der Waals surface area contributed by atoms with Gasteiger partial charge in [-0.05, 0) is 59.4 Å². The second kappa shape index (κ2) is 8.20. The van der Waals surface area contributed by atoms with E-state index in [-0.39, 0.29) is 10.8 Å². The van der Waals surface area contributed by atoms with E-state index in [1.165, 1.54) is 9.87 Å². The van der Waals surface area contributed by atoms with Crippen molar-refractivity contribution in [2.45, 2.75) is 43.5 Å². The molecule has 1 aliphatic heterocycles. The molecule has 1 saturated heterocycles. The van der Waals surface area contributed by atoms with Crippen LogP contribution in [0.15, 0.2) is 71.6 Å². The molecule has 1 fully saturated rings. The molecule has 1 aliphatic rings. The van der Waals surface area contributed by atoms with E-state index in [0.717, 1.165) is 10.8 Å². The van der Waals surface area contributed by atoms with Gasteiger partial charge in [-0.25, -0.2) is 8.42 Å². The van der Waals surface area contributed by atoms with Gasteiger partial charge in [0.05, 0.1) is 4.90 Å². The van der Waals surface area contributed by atoms with Gasteiger partial charge in [0.2, 0.25) is 15.9 Å². The Balaban J connectivity index is 1.56. The number of benzene rings is 3. The summed E-state index contributed by atoms with van der Waals surface area (Å²) in [6.07, 6.45) is 1.18. The van der Waals surface area contributed by atoms with Crippen LogP contribution in [0.3, 0.4) is 0 Å². The lowest BCUT2D eigenvalue weighted by atomic mass is 10.0. The number of hydrogen-bond donors (Lipinski definition) is 1. The van der Waals surface area contributed by atoms with Gasteiger partial charge in [0.15, 0.2) is 0 Å². The summed E-state index contributed by atoms with van der Waals surface area (Å²) in [5.74, 6) is 0.126. The molecule has 30 heavy (non-hydrogen) atoms. The summed E-state index contributed by atoms with van der Waals surface area (Å²) in [7, 11) is -3.76. The van der Waals surface area contributed by atoms with Gasteiger partial charge in [-0.15, -0.1) is 0 Å². The maximum atomic E-state index is 13.3. The maximum absolute atomic E-state index is 13.3. The summed E-state index contributed by atoms with van der Waals surface area (Å²) in [4.78, 5) is 13.1. The summed E-state index contributed by atoms with van der Waals surface area (Å²) < 4.78 is 28.0. The molecule has 1 N–H and O–H groups in total. The van der Waals surface area contributed by atoms with Crippen LogP contribution in [0, 0.1) is 0 Å². The van der Waals surface area contributed by atoms with Crippen LogP contribution < -0.4 is 5.32 Å². The molecule has 0 radical (unpaired) electrons. The Morgan fingerprint density at radius 3 is 2.40 bits per heavy atom. The van der Waals surface area contributed by atoms with E-state index >= 15 is 0 Å². The number of anilines is 1. The Morgan fingerprint density at radius 2 is 1.70 bits per heavy atom. The van der Waals surface area contributed by atoms with E-state index in [2.05, 4.69) is 19.2 Å². The predicted octanol–water partition coefficient (Wildman–Crippen LogP) is 4.76. The number of hydrogen-bond acceptors (Lipinski definition) is 3. The standard InChI is InChI=1S/C24H26N2O3S/c1-17(2)18-9-12-21(13-10-18)25-24(27)23-8-5-15-26(23)30(28,29)22-14-11-19-6-3-4-7-20(19)16-22/h3-4,6-7,9-14,16-17,23H,5,8,15H2,1-2H3,(H,25,27)/t23-/m1/s1. The number of sulfonamides is 1. The first-order chi connectivity index (χ1) is 14.4. The van der Waals surface area contributed by atoms with Crippen molar-refractivity contribution < 1.29 is 13.2 Å². The molecule has 0 aliphatic carbocycles. The largest absolute Gasteiger partial charge is 0.325 e. The highest BCUT2D eigenvalue weighted by Gasteiger charge is 2.39. The zero-order valence-corrected chi connectivity index (χ0v) is 18.0. The lowest BCUT2D eigenvalue weighted by Crippen LogP contribution is -2.43. The Kier molecular flexibility index (Phi) is 5.62. The molecule has 0 unspecified atom stereocenters. The van der Waals surface area contributed by atoms with Crippen LogP contribution in [-0.2, 0) is 14.8 Å². The zero-order chi connectivity index (χ0) is 21.3. The van der Waals surface area contributed by atoms with E-state index in [9.17, 15) is 13.2 Å². The third-order valence-electron chi connectivity index (χ3n) is 5.68. The van der Waals surface area contributed by atoms with Crippen molar-refractivity contribution in [3.8, 4) is 0 Å². The quantitative estimate of drug-likeness (QED) is 0.645. The first-order valence-corrected chi connectivity index (χ1v) is 11.7. The molecule has 4 rings (SSSR count). The molecule has 0 spiro atoms. The SMILES string of the molecule is CC(C)c1ccc(NC(=O)[C@H]2CCCN2S(=O)(=O)c2ccc3ccccc3c2)cc1. The fraction of sp³-hybridized carbons (Fsp3) is 0.292. The average Bonchev–Trinajstić information content (AvgIpc) is 3.25. The van der Waals surface area contributed by atoms with Crippen molar-refractivity contribution in [2.24, 2.45) is 0 Å². The van der Waals surface area contributed by atoms with Crippen LogP contribution >= 0.6 is 0 Å². The summed E-state index contributed by atoms with van der Waals surface area (Å²) >= 11 is 0.